The predicted molar refractivity (Wildman–Crippen MR) is 136 cm³/mol. The summed E-state index contributed by atoms with van der Waals surface area (Å²) < 4.78 is 39.3. The van der Waals surface area contributed by atoms with Crippen molar-refractivity contribution in [1.82, 2.24) is 10.5 Å². The van der Waals surface area contributed by atoms with Gasteiger partial charge < -0.3 is 25.0 Å². The summed E-state index contributed by atoms with van der Waals surface area (Å²) in [7, 11) is -0.767. The molecule has 0 saturated heterocycles. The van der Waals surface area contributed by atoms with Gasteiger partial charge in [0.25, 0.3) is 11.8 Å². The van der Waals surface area contributed by atoms with E-state index in [-0.39, 0.29) is 34.5 Å². The van der Waals surface area contributed by atoms with Gasteiger partial charge in [0, 0.05) is 24.1 Å². The molecule has 0 saturated carbocycles. The number of nitrogens with one attached hydrogen (secondary N) is 2. The third-order valence-corrected chi connectivity index (χ3v) is 7.05. The summed E-state index contributed by atoms with van der Waals surface area (Å²) in [4.78, 5) is 25.7. The highest BCUT2D eigenvalue weighted by Gasteiger charge is 2.28. The van der Waals surface area contributed by atoms with Crippen molar-refractivity contribution in [3.05, 3.63) is 71.5 Å². The highest BCUT2D eigenvalue weighted by Crippen LogP contribution is 2.18. The molecule has 1 aromatic heterocycles. The van der Waals surface area contributed by atoms with Crippen LogP contribution in [0.1, 0.15) is 12.7 Å². The summed E-state index contributed by atoms with van der Waals surface area (Å²) in [6, 6.07) is 1.99. The lowest BCUT2D eigenvalue weighted by Crippen LogP contribution is -2.45. The van der Waals surface area contributed by atoms with Crippen LogP contribution in [0, 0.1) is 11.6 Å². The van der Waals surface area contributed by atoms with Crippen LogP contribution in [-0.2, 0) is 20.7 Å². The molecule has 0 unspecified atom stereocenters. The van der Waals surface area contributed by atoms with Crippen LogP contribution in [0.25, 0.3) is 0 Å². The van der Waals surface area contributed by atoms with Crippen LogP contribution in [-0.4, -0.2) is 49.9 Å². The topological polar surface area (TPSA) is 114 Å². The summed E-state index contributed by atoms with van der Waals surface area (Å²) >= 11 is 0. The molecule has 36 heavy (non-hydrogen) atoms. The monoisotopic (exact) mass is 519 g/mol. The fourth-order valence-corrected chi connectivity index (χ4v) is 4.94. The number of aromatic hydroxyl groups is 1. The van der Waals surface area contributed by atoms with E-state index in [0.717, 1.165) is 23.8 Å². The van der Waals surface area contributed by atoms with Gasteiger partial charge >= 0.3 is 0 Å². The zero-order valence-electron chi connectivity index (χ0n) is 20.9. The average Bonchev–Trinajstić information content (AvgIpc) is 3.17. The first-order valence-corrected chi connectivity index (χ1v) is 14.6. The number of hydrogen-bond acceptors (Lipinski definition) is 6. The predicted octanol–water partition coefficient (Wildman–Crippen LogP) is 3.57. The second kappa shape index (κ2) is 12.4. The molecule has 0 bridgehead atoms. The molecule has 3 N–H and O–H groups in total. The number of hydrogen-bond donors (Lipinski definition) is 3. The van der Waals surface area contributed by atoms with Crippen LogP contribution in [0.15, 0.2) is 58.7 Å². The summed E-state index contributed by atoms with van der Waals surface area (Å²) in [5.74, 6) is -3.19. The van der Waals surface area contributed by atoms with Crippen molar-refractivity contribution in [2.24, 2.45) is 0 Å². The normalized spacial score (nSPS) is 13.0. The Bertz CT molecular complexity index is 1160. The Hall–Kier alpha value is -3.57. The Kier molecular flexibility index (Phi) is 9.88. The van der Waals surface area contributed by atoms with Crippen LogP contribution in [0.2, 0.25) is 19.6 Å². The van der Waals surface area contributed by atoms with Gasteiger partial charge in [0.05, 0.1) is 21.1 Å². The number of amides is 2. The van der Waals surface area contributed by atoms with Gasteiger partial charge in [-0.3, -0.25) is 9.59 Å². The van der Waals surface area contributed by atoms with Crippen LogP contribution >= 0.6 is 0 Å². The number of rotatable bonds is 11. The molecule has 11 heteroatoms. The fraction of sp³-hybridized carbons (Fsp3) is 0.320. The number of methoxy groups -OCH3 is 1. The molecule has 0 fully saturated rings. The molecule has 194 valence electrons. The van der Waals surface area contributed by atoms with Gasteiger partial charge in [-0.1, -0.05) is 44.4 Å². The van der Waals surface area contributed by atoms with Crippen molar-refractivity contribution < 1.29 is 32.7 Å². The smallest absolute Gasteiger partial charge is 0.251 e. The molecule has 2 amide bonds. The number of benzene rings is 1. The van der Waals surface area contributed by atoms with Gasteiger partial charge in [-0.2, -0.15) is 0 Å². The number of carbonyl (C=O) groups is 2. The molecule has 1 heterocycles. The molecule has 2 aromatic rings. The molecule has 1 aromatic carbocycles. The van der Waals surface area contributed by atoms with E-state index >= 15 is 0 Å². The van der Waals surface area contributed by atoms with E-state index in [1.165, 1.54) is 13.2 Å². The molecule has 0 aliphatic rings. The highest BCUT2D eigenvalue weighted by atomic mass is 28.3. The number of aromatic nitrogens is 1. The fourth-order valence-electron chi connectivity index (χ4n) is 3.36. The van der Waals surface area contributed by atoms with Crippen molar-refractivity contribution in [3.8, 4) is 5.88 Å². The molecule has 2 rings (SSSR count). The third kappa shape index (κ3) is 7.99. The summed E-state index contributed by atoms with van der Waals surface area (Å²) in [5.41, 5.74) is 0.908. The summed E-state index contributed by atoms with van der Waals surface area (Å²) in [5, 5.41) is 17.6. The van der Waals surface area contributed by atoms with Crippen LogP contribution in [0.3, 0.4) is 0 Å². The molecular weight excluding hydrogens is 488 g/mol. The first-order valence-electron chi connectivity index (χ1n) is 11.1. The Morgan fingerprint density at radius 1 is 1.22 bits per heavy atom. The maximum Gasteiger partial charge on any atom is 0.251 e. The standard InChI is InChI=1S/C25H31F2N3O5Si/c1-7-16(14-34-3)9-8-15(2)23(29-21(31)12-18-13-22(32)30-35-18)25(33)28-17-10-19(26)24(20(27)11-17)36(4,5)6/h7-11,13,23H,2,12,14H2,1,3-6H3,(H,28,33)(H,29,31)(H,30,32)/b9-8-,16-7+/t23-/m1/s1. The van der Waals surface area contributed by atoms with Crippen LogP contribution in [0.5, 0.6) is 5.88 Å². The van der Waals surface area contributed by atoms with Crippen LogP contribution in [0.4, 0.5) is 14.5 Å². The quantitative estimate of drug-likeness (QED) is 0.309. The van der Waals surface area contributed by atoms with Gasteiger partial charge in [0.2, 0.25) is 5.91 Å². The third-order valence-electron chi connectivity index (χ3n) is 5.07. The Morgan fingerprint density at radius 3 is 2.36 bits per heavy atom. The first-order chi connectivity index (χ1) is 16.8. The van der Waals surface area contributed by atoms with E-state index in [9.17, 15) is 23.5 Å². The average molecular weight is 520 g/mol. The van der Waals surface area contributed by atoms with E-state index < -0.39 is 37.6 Å². The number of carbonyl (C=O) groups excluding carboxylic acids is 2. The highest BCUT2D eigenvalue weighted by molar-refractivity contribution is 6.88. The molecule has 0 aliphatic heterocycles. The molecule has 0 radical (unpaired) electrons. The maximum atomic E-state index is 14.7. The minimum absolute atomic E-state index is 0.0324. The number of halogens is 2. The second-order valence-corrected chi connectivity index (χ2v) is 14.1. The van der Waals surface area contributed by atoms with Gasteiger partial charge in [0.15, 0.2) is 0 Å². The Labute approximate surface area is 209 Å². The van der Waals surface area contributed by atoms with E-state index in [1.54, 1.807) is 6.08 Å². The van der Waals surface area contributed by atoms with Gasteiger partial charge in [-0.25, -0.2) is 8.78 Å². The Morgan fingerprint density at radius 2 is 1.86 bits per heavy atom. The zero-order chi connectivity index (χ0) is 27.0. The number of allylic oxidation sites excluding steroid dienone is 1. The molecule has 0 aliphatic carbocycles. The summed E-state index contributed by atoms with van der Waals surface area (Å²) in [6.07, 6.45) is 4.71. The van der Waals surface area contributed by atoms with Gasteiger partial charge in [-0.15, -0.1) is 0 Å². The minimum Gasteiger partial charge on any atom is -0.491 e. The van der Waals surface area contributed by atoms with E-state index in [0.29, 0.717) is 6.61 Å². The van der Waals surface area contributed by atoms with Crippen molar-refractivity contribution >= 4 is 30.8 Å². The zero-order valence-corrected chi connectivity index (χ0v) is 21.9. The van der Waals surface area contributed by atoms with Crippen molar-refractivity contribution in [1.29, 1.82) is 0 Å². The van der Waals surface area contributed by atoms with Crippen LogP contribution < -0.4 is 15.8 Å². The minimum atomic E-state index is -2.30. The largest absolute Gasteiger partial charge is 0.491 e. The molecule has 0 spiro atoms. The van der Waals surface area contributed by atoms with Crippen molar-refractivity contribution in [3.63, 3.8) is 0 Å². The van der Waals surface area contributed by atoms with Gasteiger partial charge in [0.1, 0.15) is 23.4 Å². The molecule has 1 atom stereocenters. The lowest BCUT2D eigenvalue weighted by Gasteiger charge is -2.21. The SMILES string of the molecule is C=C(/C=C\C(=C/C)COC)[C@@H](NC(=O)Cc1cc(O)no1)C(=O)Nc1cc(F)c([Si](C)(C)C)c(F)c1. The van der Waals surface area contributed by atoms with Crippen molar-refractivity contribution in [2.75, 3.05) is 19.0 Å². The number of ether oxygens (including phenoxy) is 1. The number of nitrogens with zero attached hydrogens (tertiary/aromatic N) is 1. The second-order valence-electron chi connectivity index (χ2n) is 9.09. The lowest BCUT2D eigenvalue weighted by atomic mass is 10.1. The van der Waals surface area contributed by atoms with E-state index in [1.807, 2.05) is 32.6 Å². The first kappa shape index (κ1) is 28.7. The summed E-state index contributed by atoms with van der Waals surface area (Å²) in [6.45, 7) is 11.4. The molecule has 8 nitrogen and oxygen atoms in total. The Balaban J connectivity index is 2.30. The molecular formula is C25H31F2N3O5Si. The van der Waals surface area contributed by atoms with E-state index in [4.69, 9.17) is 9.26 Å². The van der Waals surface area contributed by atoms with E-state index in [2.05, 4.69) is 22.4 Å². The van der Waals surface area contributed by atoms with Gasteiger partial charge in [-0.05, 0) is 35.4 Å². The van der Waals surface area contributed by atoms with Crippen molar-refractivity contribution in [2.45, 2.75) is 39.0 Å². The number of anilines is 1. The maximum absolute atomic E-state index is 14.7. The lowest BCUT2D eigenvalue weighted by molar-refractivity contribution is -0.125.